The summed E-state index contributed by atoms with van der Waals surface area (Å²) in [6, 6.07) is 0. The molecule has 0 spiro atoms. The highest BCUT2D eigenvalue weighted by Crippen LogP contribution is 2.39. The van der Waals surface area contributed by atoms with E-state index in [1.165, 1.54) is 59.0 Å². The van der Waals surface area contributed by atoms with Crippen molar-refractivity contribution >= 4 is 5.97 Å². The van der Waals surface area contributed by atoms with Crippen LogP contribution >= 0.6 is 0 Å². The molecule has 27 heavy (non-hydrogen) atoms. The lowest BCUT2D eigenvalue weighted by Crippen LogP contribution is -2.48. The van der Waals surface area contributed by atoms with Crippen LogP contribution in [0.1, 0.15) is 97.3 Å². The molecule has 0 amide bonds. The molecule has 0 bridgehead atoms. The standard InChI is InChI=1S/C22H42O5/c1-4-5-6-7-8-9-12-17-15-16-19(23)18(17)13-10-11-14-20(24)22(2,27-3)21(25)26/h17-20,23-24H,4-16H2,1-3H3,(H,25,26)/t17-,18+,19-,20?,22?/m0/s1. The van der Waals surface area contributed by atoms with Crippen molar-refractivity contribution < 1.29 is 24.9 Å². The third kappa shape index (κ3) is 7.71. The van der Waals surface area contributed by atoms with Crippen molar-refractivity contribution in [3.05, 3.63) is 0 Å². The van der Waals surface area contributed by atoms with E-state index in [9.17, 15) is 20.1 Å². The van der Waals surface area contributed by atoms with Crippen LogP contribution < -0.4 is 0 Å². The van der Waals surface area contributed by atoms with Crippen molar-refractivity contribution in [2.45, 2.75) is 115 Å². The molecule has 0 aliphatic heterocycles. The Morgan fingerprint density at radius 1 is 1.07 bits per heavy atom. The van der Waals surface area contributed by atoms with Gasteiger partial charge >= 0.3 is 5.97 Å². The second-order valence-corrected chi connectivity index (χ2v) is 8.54. The largest absolute Gasteiger partial charge is 0.479 e. The Kier molecular flexibility index (Phi) is 11.5. The lowest BCUT2D eigenvalue weighted by Gasteiger charge is -2.29. The molecule has 5 atom stereocenters. The summed E-state index contributed by atoms with van der Waals surface area (Å²) in [6.07, 6.45) is 12.9. The van der Waals surface area contributed by atoms with E-state index in [1.807, 2.05) is 0 Å². The Bertz CT molecular complexity index is 414. The van der Waals surface area contributed by atoms with E-state index in [-0.39, 0.29) is 6.10 Å². The number of carbonyl (C=O) groups is 1. The molecule has 5 heteroatoms. The zero-order chi connectivity index (χ0) is 20.3. The van der Waals surface area contributed by atoms with Gasteiger partial charge in [0.2, 0.25) is 0 Å². The highest BCUT2D eigenvalue weighted by molar-refractivity contribution is 5.77. The molecule has 5 nitrogen and oxygen atoms in total. The number of aliphatic hydroxyl groups is 2. The van der Waals surface area contributed by atoms with Gasteiger partial charge in [0.25, 0.3) is 0 Å². The molecule has 1 aliphatic carbocycles. The van der Waals surface area contributed by atoms with Crippen LogP contribution in [0.25, 0.3) is 0 Å². The molecule has 2 unspecified atom stereocenters. The molecule has 0 saturated heterocycles. The van der Waals surface area contributed by atoms with Gasteiger partial charge in [0.05, 0.1) is 12.2 Å². The fraction of sp³-hybridized carbons (Fsp3) is 0.955. The quantitative estimate of drug-likeness (QED) is 0.360. The molecular formula is C22H42O5. The van der Waals surface area contributed by atoms with Crippen molar-refractivity contribution in [3.63, 3.8) is 0 Å². The van der Waals surface area contributed by atoms with Crippen molar-refractivity contribution in [3.8, 4) is 0 Å². The van der Waals surface area contributed by atoms with E-state index in [0.717, 1.165) is 32.1 Å². The minimum absolute atomic E-state index is 0.191. The van der Waals surface area contributed by atoms with E-state index in [2.05, 4.69) is 6.92 Å². The zero-order valence-corrected chi connectivity index (χ0v) is 17.7. The van der Waals surface area contributed by atoms with E-state index < -0.39 is 17.7 Å². The number of carboxylic acids is 1. The van der Waals surface area contributed by atoms with Crippen molar-refractivity contribution in [2.24, 2.45) is 11.8 Å². The van der Waals surface area contributed by atoms with Gasteiger partial charge in [0.1, 0.15) is 0 Å². The molecular weight excluding hydrogens is 344 g/mol. The van der Waals surface area contributed by atoms with Crippen molar-refractivity contribution in [2.75, 3.05) is 7.11 Å². The lowest BCUT2D eigenvalue weighted by atomic mass is 9.85. The van der Waals surface area contributed by atoms with Crippen molar-refractivity contribution in [1.82, 2.24) is 0 Å². The van der Waals surface area contributed by atoms with Gasteiger partial charge in [-0.1, -0.05) is 64.7 Å². The summed E-state index contributed by atoms with van der Waals surface area (Å²) in [6.45, 7) is 3.65. The Morgan fingerprint density at radius 2 is 1.70 bits per heavy atom. The highest BCUT2D eigenvalue weighted by Gasteiger charge is 2.40. The van der Waals surface area contributed by atoms with Crippen LogP contribution in [-0.2, 0) is 9.53 Å². The second kappa shape index (κ2) is 12.7. The van der Waals surface area contributed by atoms with Crippen LogP contribution in [0.15, 0.2) is 0 Å². The Balaban J connectivity index is 2.29. The summed E-state index contributed by atoms with van der Waals surface area (Å²) in [5.74, 6) is -0.145. The van der Waals surface area contributed by atoms with E-state index >= 15 is 0 Å². The summed E-state index contributed by atoms with van der Waals surface area (Å²) < 4.78 is 5.02. The monoisotopic (exact) mass is 386 g/mol. The fourth-order valence-corrected chi connectivity index (χ4v) is 4.46. The van der Waals surface area contributed by atoms with Gasteiger partial charge in [0, 0.05) is 7.11 Å². The van der Waals surface area contributed by atoms with Crippen LogP contribution in [0.5, 0.6) is 0 Å². The number of unbranched alkanes of at least 4 members (excludes halogenated alkanes) is 6. The highest BCUT2D eigenvalue weighted by atomic mass is 16.5. The Morgan fingerprint density at radius 3 is 2.33 bits per heavy atom. The van der Waals surface area contributed by atoms with E-state index in [0.29, 0.717) is 18.3 Å². The van der Waals surface area contributed by atoms with Gasteiger partial charge in [-0.3, -0.25) is 0 Å². The van der Waals surface area contributed by atoms with Gasteiger partial charge in [-0.15, -0.1) is 0 Å². The van der Waals surface area contributed by atoms with Crippen LogP contribution in [0.2, 0.25) is 0 Å². The SMILES string of the molecule is CCCCCCCC[C@H]1CC[C@H](O)[C@@H]1CCCCC(O)C(C)(OC)C(=O)O. The van der Waals surface area contributed by atoms with E-state index in [4.69, 9.17) is 4.74 Å². The molecule has 1 fully saturated rings. The number of aliphatic hydroxyl groups excluding tert-OH is 2. The lowest BCUT2D eigenvalue weighted by molar-refractivity contribution is -0.174. The molecule has 0 aromatic carbocycles. The number of hydrogen-bond acceptors (Lipinski definition) is 4. The van der Waals surface area contributed by atoms with Gasteiger partial charge < -0.3 is 20.1 Å². The first kappa shape index (κ1) is 24.4. The number of hydrogen-bond donors (Lipinski definition) is 3. The molecule has 3 N–H and O–H groups in total. The minimum atomic E-state index is -1.55. The molecule has 0 heterocycles. The van der Waals surface area contributed by atoms with Gasteiger partial charge in [-0.2, -0.15) is 0 Å². The smallest absolute Gasteiger partial charge is 0.338 e. The molecule has 1 rings (SSSR count). The number of rotatable bonds is 15. The minimum Gasteiger partial charge on any atom is -0.479 e. The van der Waals surface area contributed by atoms with Crippen molar-refractivity contribution in [1.29, 1.82) is 0 Å². The summed E-state index contributed by atoms with van der Waals surface area (Å²) in [7, 11) is 1.32. The Labute approximate surface area is 165 Å². The predicted octanol–water partition coefficient (Wildman–Crippen LogP) is 4.54. The van der Waals surface area contributed by atoms with Gasteiger partial charge in [-0.05, 0) is 44.4 Å². The van der Waals surface area contributed by atoms with Gasteiger partial charge in [-0.25, -0.2) is 4.79 Å². The fourth-order valence-electron chi connectivity index (χ4n) is 4.46. The molecule has 1 aliphatic rings. The van der Waals surface area contributed by atoms with E-state index in [1.54, 1.807) is 0 Å². The first-order valence-corrected chi connectivity index (χ1v) is 11.0. The normalized spacial score (nSPS) is 26.0. The maximum Gasteiger partial charge on any atom is 0.338 e. The number of carboxylic acid groups (broad SMARTS) is 1. The average molecular weight is 387 g/mol. The summed E-state index contributed by atoms with van der Waals surface area (Å²) in [5, 5.41) is 29.8. The average Bonchev–Trinajstić information content (AvgIpc) is 3.00. The Hall–Kier alpha value is -0.650. The third-order valence-electron chi connectivity index (χ3n) is 6.61. The topological polar surface area (TPSA) is 87.0 Å². The summed E-state index contributed by atoms with van der Waals surface area (Å²) in [5.41, 5.74) is -1.55. The summed E-state index contributed by atoms with van der Waals surface area (Å²) >= 11 is 0. The maximum atomic E-state index is 11.3. The van der Waals surface area contributed by atoms with Crippen LogP contribution in [-0.4, -0.2) is 46.2 Å². The third-order valence-corrected chi connectivity index (χ3v) is 6.61. The predicted molar refractivity (Wildman–Crippen MR) is 108 cm³/mol. The van der Waals surface area contributed by atoms with Crippen LogP contribution in [0, 0.1) is 11.8 Å². The number of ether oxygens (including phenoxy) is 1. The second-order valence-electron chi connectivity index (χ2n) is 8.54. The molecule has 160 valence electrons. The zero-order valence-electron chi connectivity index (χ0n) is 17.7. The first-order chi connectivity index (χ1) is 12.9. The number of aliphatic carboxylic acids is 1. The number of methoxy groups -OCH3 is 1. The maximum absolute atomic E-state index is 11.3. The van der Waals surface area contributed by atoms with Crippen LogP contribution in [0.4, 0.5) is 0 Å². The summed E-state index contributed by atoms with van der Waals surface area (Å²) in [4.78, 5) is 11.3. The van der Waals surface area contributed by atoms with Gasteiger partial charge in [0.15, 0.2) is 5.60 Å². The molecule has 0 aromatic heterocycles. The molecule has 1 saturated carbocycles. The molecule has 0 aromatic rings. The molecule has 0 radical (unpaired) electrons. The first-order valence-electron chi connectivity index (χ1n) is 11.0. The van der Waals surface area contributed by atoms with Crippen LogP contribution in [0.3, 0.4) is 0 Å².